The van der Waals surface area contributed by atoms with Crippen LogP contribution < -0.4 is 10.4 Å². The Hall–Kier alpha value is -2.87. The van der Waals surface area contributed by atoms with Crippen molar-refractivity contribution < 1.29 is 23.2 Å². The van der Waals surface area contributed by atoms with Crippen LogP contribution in [-0.2, 0) is 21.3 Å². The topological polar surface area (TPSA) is 115 Å². The van der Waals surface area contributed by atoms with E-state index in [0.29, 0.717) is 37.9 Å². The third-order valence-electron chi connectivity index (χ3n) is 6.21. The molecule has 0 bridgehead atoms. The monoisotopic (exact) mass is 545 g/mol. The zero-order valence-electron chi connectivity index (χ0n) is 20.8. The minimum Gasteiger partial charge on any atom is -0.383 e. The van der Waals surface area contributed by atoms with E-state index in [-0.39, 0.29) is 9.77 Å². The molecule has 37 heavy (non-hydrogen) atoms. The fraction of sp³-hybridized carbons (Fsp3) is 0.360. The van der Waals surface area contributed by atoms with Crippen LogP contribution in [0, 0.1) is 0 Å². The summed E-state index contributed by atoms with van der Waals surface area (Å²) >= 11 is 1.15. The van der Waals surface area contributed by atoms with Crippen LogP contribution in [0.25, 0.3) is 11.1 Å². The molecule has 198 valence electrons. The number of anilines is 1. The number of carbonyl (C=O) groups is 1. The molecule has 12 heteroatoms. The summed E-state index contributed by atoms with van der Waals surface area (Å²) in [6.07, 6.45) is 1.39. The maximum absolute atomic E-state index is 13.3. The van der Waals surface area contributed by atoms with Gasteiger partial charge in [0, 0.05) is 46.4 Å². The smallest absolute Gasteiger partial charge is 0.286 e. The highest BCUT2D eigenvalue weighted by atomic mass is 32.2. The van der Waals surface area contributed by atoms with Crippen molar-refractivity contribution >= 4 is 32.4 Å². The molecular formula is C25H31N5O5S2. The van der Waals surface area contributed by atoms with Crippen LogP contribution in [0.2, 0.25) is 0 Å². The van der Waals surface area contributed by atoms with Crippen LogP contribution in [-0.4, -0.2) is 87.2 Å². The highest BCUT2D eigenvalue weighted by molar-refractivity contribution is 7.89. The van der Waals surface area contributed by atoms with Gasteiger partial charge < -0.3 is 9.64 Å². The lowest BCUT2D eigenvalue weighted by molar-refractivity contribution is 0.0710. The molecule has 0 aliphatic carbocycles. The van der Waals surface area contributed by atoms with Gasteiger partial charge in [0.15, 0.2) is 5.13 Å². The molecule has 1 fully saturated rings. The number of amides is 1. The fourth-order valence-electron chi connectivity index (χ4n) is 4.15. The van der Waals surface area contributed by atoms with Crippen molar-refractivity contribution in [2.45, 2.75) is 11.4 Å². The number of aromatic nitrogens is 1. The number of thiazole rings is 1. The van der Waals surface area contributed by atoms with Gasteiger partial charge in [0.05, 0.1) is 17.7 Å². The number of benzene rings is 2. The Morgan fingerprint density at radius 1 is 1.14 bits per heavy atom. The van der Waals surface area contributed by atoms with Crippen molar-refractivity contribution in [3.8, 4) is 11.1 Å². The summed E-state index contributed by atoms with van der Waals surface area (Å²) in [6.45, 7) is 3.84. The lowest BCUT2D eigenvalue weighted by Crippen LogP contribution is -2.48. The minimum atomic E-state index is -3.64. The summed E-state index contributed by atoms with van der Waals surface area (Å²) in [5.41, 5.74) is 4.76. The van der Waals surface area contributed by atoms with Gasteiger partial charge >= 0.3 is 0 Å². The predicted molar refractivity (Wildman–Crippen MR) is 142 cm³/mol. The van der Waals surface area contributed by atoms with Crippen LogP contribution in [0.5, 0.6) is 0 Å². The Kier molecular flexibility index (Phi) is 8.90. The number of nitrogens with one attached hydrogen (secondary N) is 1. The molecule has 0 radical (unpaired) electrons. The molecule has 1 amide bonds. The van der Waals surface area contributed by atoms with Crippen molar-refractivity contribution in [1.29, 1.82) is 0 Å². The molecular weight excluding hydrogens is 514 g/mol. The number of nitrogens with zero attached hydrogens (tertiary/aromatic N) is 4. The number of sulfonamides is 1. The fourth-order valence-corrected chi connectivity index (χ4v) is 6.43. The maximum atomic E-state index is 13.3. The number of hydrogen-bond donors (Lipinski definition) is 2. The molecule has 2 heterocycles. The molecule has 2 N–H and O–H groups in total. The third-order valence-corrected chi connectivity index (χ3v) is 9.18. The first kappa shape index (κ1) is 27.2. The summed E-state index contributed by atoms with van der Waals surface area (Å²) in [5.74, 6) is -0.616. The van der Waals surface area contributed by atoms with Gasteiger partial charge in [-0.05, 0) is 41.9 Å². The van der Waals surface area contributed by atoms with E-state index < -0.39 is 15.9 Å². The van der Waals surface area contributed by atoms with E-state index in [1.807, 2.05) is 29.2 Å². The second-order valence-corrected chi connectivity index (χ2v) is 11.7. The zero-order valence-corrected chi connectivity index (χ0v) is 22.5. The minimum absolute atomic E-state index is 0.260. The molecule has 1 aliphatic heterocycles. The van der Waals surface area contributed by atoms with Crippen molar-refractivity contribution in [2.24, 2.45) is 0 Å². The van der Waals surface area contributed by atoms with Gasteiger partial charge in [-0.25, -0.2) is 18.9 Å². The first-order valence-corrected chi connectivity index (χ1v) is 14.1. The molecule has 2 aromatic carbocycles. The van der Waals surface area contributed by atoms with Gasteiger partial charge in [-0.2, -0.15) is 4.31 Å². The number of hydrogen-bond acceptors (Lipinski definition) is 9. The van der Waals surface area contributed by atoms with Crippen LogP contribution in [0.15, 0.2) is 59.6 Å². The second-order valence-electron chi connectivity index (χ2n) is 8.79. The average Bonchev–Trinajstić information content (AvgIpc) is 3.42. The number of likely N-dealkylation sites (N-methyl/N-ethyl adjacent to an activating group) is 1. The number of hydroxylamine groups is 1. The molecule has 0 spiro atoms. The number of rotatable bonds is 10. The Morgan fingerprint density at radius 3 is 2.54 bits per heavy atom. The summed E-state index contributed by atoms with van der Waals surface area (Å²) in [6, 6.07) is 15.3. The van der Waals surface area contributed by atoms with E-state index >= 15 is 0 Å². The lowest BCUT2D eigenvalue weighted by Gasteiger charge is -2.33. The van der Waals surface area contributed by atoms with E-state index in [0.717, 1.165) is 35.6 Å². The average molecular weight is 546 g/mol. The highest BCUT2D eigenvalue weighted by Gasteiger charge is 2.29. The normalized spacial score (nSPS) is 14.8. The molecule has 4 rings (SSSR count). The van der Waals surface area contributed by atoms with Crippen LogP contribution in [0.1, 0.15) is 15.2 Å². The Morgan fingerprint density at radius 2 is 1.86 bits per heavy atom. The van der Waals surface area contributed by atoms with E-state index in [4.69, 9.17) is 9.94 Å². The van der Waals surface area contributed by atoms with Gasteiger partial charge in [-0.3, -0.25) is 14.9 Å². The van der Waals surface area contributed by atoms with Crippen molar-refractivity contribution in [1.82, 2.24) is 19.7 Å². The summed E-state index contributed by atoms with van der Waals surface area (Å²) in [7, 11) is 0.106. The molecule has 10 nitrogen and oxygen atoms in total. The van der Waals surface area contributed by atoms with E-state index in [1.165, 1.54) is 16.1 Å². The van der Waals surface area contributed by atoms with E-state index in [9.17, 15) is 13.2 Å². The number of ether oxygens (including phenoxy) is 1. The van der Waals surface area contributed by atoms with Crippen LogP contribution in [0.4, 0.5) is 5.13 Å². The van der Waals surface area contributed by atoms with Crippen LogP contribution in [0.3, 0.4) is 0 Å². The highest BCUT2D eigenvalue weighted by Crippen LogP contribution is 2.27. The number of piperazine rings is 1. The molecule has 1 aromatic heterocycles. The van der Waals surface area contributed by atoms with Gasteiger partial charge in [0.2, 0.25) is 10.0 Å². The standard InChI is InChI=1S/C25H31N5O5S2/c1-28(14-15-35-2)18-19-4-3-5-21(16-19)20-6-8-22(9-7-20)37(33,34)30-12-10-29(11-13-30)25-26-17-23(36-25)24(31)27-32/h3-9,16-17,32H,10-15,18H2,1-2H3,(H,27,31). The first-order valence-electron chi connectivity index (χ1n) is 11.8. The predicted octanol–water partition coefficient (Wildman–Crippen LogP) is 2.52. The summed E-state index contributed by atoms with van der Waals surface area (Å²) in [5, 5.41) is 9.40. The molecule has 1 aliphatic rings. The van der Waals surface area contributed by atoms with Crippen LogP contribution >= 0.6 is 11.3 Å². The van der Waals surface area contributed by atoms with Gasteiger partial charge in [-0.1, -0.05) is 41.7 Å². The lowest BCUT2D eigenvalue weighted by atomic mass is 10.0. The SMILES string of the molecule is COCCN(C)Cc1cccc(-c2ccc(S(=O)(=O)N3CCN(c4ncc(C(=O)NO)s4)CC3)cc2)c1. The van der Waals surface area contributed by atoms with Crippen molar-refractivity contribution in [3.05, 3.63) is 65.2 Å². The molecule has 0 atom stereocenters. The Balaban J connectivity index is 1.39. The van der Waals surface area contributed by atoms with Gasteiger partial charge in [0.25, 0.3) is 5.91 Å². The second kappa shape index (κ2) is 12.1. The molecule has 3 aromatic rings. The Bertz CT molecular complexity index is 1310. The maximum Gasteiger partial charge on any atom is 0.286 e. The molecule has 0 saturated carbocycles. The third kappa shape index (κ3) is 6.53. The first-order chi connectivity index (χ1) is 17.8. The van der Waals surface area contributed by atoms with E-state index in [1.54, 1.807) is 24.7 Å². The van der Waals surface area contributed by atoms with E-state index in [2.05, 4.69) is 29.1 Å². The number of carbonyl (C=O) groups excluding carboxylic acids is 1. The quantitative estimate of drug-likeness (QED) is 0.295. The summed E-state index contributed by atoms with van der Waals surface area (Å²) < 4.78 is 33.2. The van der Waals surface area contributed by atoms with Gasteiger partial charge in [0.1, 0.15) is 4.88 Å². The van der Waals surface area contributed by atoms with Crippen molar-refractivity contribution in [2.75, 3.05) is 58.4 Å². The Labute approximate surface area is 221 Å². The molecule has 1 saturated heterocycles. The van der Waals surface area contributed by atoms with Gasteiger partial charge in [-0.15, -0.1) is 0 Å². The number of methoxy groups -OCH3 is 1. The largest absolute Gasteiger partial charge is 0.383 e. The molecule has 0 unspecified atom stereocenters. The van der Waals surface area contributed by atoms with Crippen molar-refractivity contribution in [3.63, 3.8) is 0 Å². The zero-order chi connectivity index (χ0) is 26.4. The summed E-state index contributed by atoms with van der Waals surface area (Å²) in [4.78, 5) is 20.5.